The second-order valence-corrected chi connectivity index (χ2v) is 3.47. The number of hydrogen-bond donors (Lipinski definition) is 2. The Morgan fingerprint density at radius 3 is 2.85 bits per heavy atom. The number of carbonyl (C=O) groups excluding carboxylic acids is 1. The van der Waals surface area contributed by atoms with E-state index < -0.39 is 0 Å². The molecular formula is C9H17N3O. The highest BCUT2D eigenvalue weighted by Crippen LogP contribution is 2.18. The van der Waals surface area contributed by atoms with Crippen molar-refractivity contribution in [2.45, 2.75) is 38.6 Å². The number of rotatable bonds is 5. The Morgan fingerprint density at radius 2 is 2.31 bits per heavy atom. The minimum absolute atomic E-state index is 0.146. The molecule has 0 saturated heterocycles. The normalized spacial score (nSPS) is 17.2. The molecule has 0 aromatic heterocycles. The second kappa shape index (κ2) is 4.84. The number of amidine groups is 1. The molecule has 0 aromatic rings. The van der Waals surface area contributed by atoms with E-state index in [4.69, 9.17) is 5.73 Å². The van der Waals surface area contributed by atoms with Gasteiger partial charge in [0.1, 0.15) is 0 Å². The smallest absolute Gasteiger partial charge is 0.220 e. The van der Waals surface area contributed by atoms with Gasteiger partial charge in [-0.3, -0.25) is 9.79 Å². The summed E-state index contributed by atoms with van der Waals surface area (Å²) in [6.45, 7) is 2.41. The van der Waals surface area contributed by atoms with Crippen molar-refractivity contribution in [3.8, 4) is 0 Å². The van der Waals surface area contributed by atoms with E-state index in [-0.39, 0.29) is 5.91 Å². The molecule has 0 spiro atoms. The highest BCUT2D eigenvalue weighted by molar-refractivity contribution is 5.78. The first kappa shape index (κ1) is 10.0. The summed E-state index contributed by atoms with van der Waals surface area (Å²) < 4.78 is 0. The fourth-order valence-electron chi connectivity index (χ4n) is 1.02. The Labute approximate surface area is 78.6 Å². The number of nitrogens with two attached hydrogens (primary N) is 1. The molecule has 0 aromatic carbocycles. The van der Waals surface area contributed by atoms with Crippen molar-refractivity contribution in [1.82, 2.24) is 5.32 Å². The highest BCUT2D eigenvalue weighted by atomic mass is 16.1. The summed E-state index contributed by atoms with van der Waals surface area (Å²) in [6, 6.07) is 0.465. The molecular weight excluding hydrogens is 166 g/mol. The lowest BCUT2D eigenvalue weighted by Crippen LogP contribution is -2.25. The molecule has 1 rings (SSSR count). The van der Waals surface area contributed by atoms with E-state index in [9.17, 15) is 4.79 Å². The van der Waals surface area contributed by atoms with E-state index in [0.29, 0.717) is 24.8 Å². The molecule has 1 amide bonds. The number of carbonyl (C=O) groups is 1. The zero-order valence-electron chi connectivity index (χ0n) is 8.05. The van der Waals surface area contributed by atoms with Gasteiger partial charge in [0.15, 0.2) is 0 Å². The summed E-state index contributed by atoms with van der Waals surface area (Å²) >= 11 is 0. The van der Waals surface area contributed by atoms with E-state index in [0.717, 1.165) is 19.3 Å². The lowest BCUT2D eigenvalue weighted by molar-refractivity contribution is -0.121. The third-order valence-corrected chi connectivity index (χ3v) is 1.87. The van der Waals surface area contributed by atoms with Gasteiger partial charge in [0, 0.05) is 19.0 Å². The maximum absolute atomic E-state index is 11.1. The van der Waals surface area contributed by atoms with E-state index in [1.165, 1.54) is 0 Å². The maximum atomic E-state index is 11.1. The predicted molar refractivity (Wildman–Crippen MR) is 52.6 cm³/mol. The second-order valence-electron chi connectivity index (χ2n) is 3.47. The van der Waals surface area contributed by atoms with E-state index >= 15 is 0 Å². The number of nitrogens with zero attached hydrogens (tertiary/aromatic N) is 1. The summed E-state index contributed by atoms with van der Waals surface area (Å²) in [7, 11) is 0. The van der Waals surface area contributed by atoms with Crippen LogP contribution in [0.5, 0.6) is 0 Å². The minimum atomic E-state index is 0.146. The Hall–Kier alpha value is -1.06. The lowest BCUT2D eigenvalue weighted by Gasteiger charge is -2.01. The van der Waals surface area contributed by atoms with Crippen LogP contribution in [0.25, 0.3) is 0 Å². The van der Waals surface area contributed by atoms with Crippen LogP contribution >= 0.6 is 0 Å². The van der Waals surface area contributed by atoms with Crippen LogP contribution in [-0.4, -0.2) is 24.3 Å². The monoisotopic (exact) mass is 183 g/mol. The molecule has 1 aliphatic rings. The molecule has 3 N–H and O–H groups in total. The zero-order chi connectivity index (χ0) is 9.68. The summed E-state index contributed by atoms with van der Waals surface area (Å²) in [5.41, 5.74) is 5.35. The van der Waals surface area contributed by atoms with Gasteiger partial charge in [-0.15, -0.1) is 0 Å². The van der Waals surface area contributed by atoms with Crippen molar-refractivity contribution in [3.63, 3.8) is 0 Å². The fraction of sp³-hybridized carbons (Fsp3) is 0.778. The molecule has 1 aliphatic carbocycles. The quantitative estimate of drug-likeness (QED) is 0.368. The van der Waals surface area contributed by atoms with Gasteiger partial charge >= 0.3 is 0 Å². The van der Waals surface area contributed by atoms with Crippen molar-refractivity contribution < 1.29 is 4.79 Å². The Kier molecular flexibility index (Phi) is 3.73. The molecule has 0 unspecified atom stereocenters. The van der Waals surface area contributed by atoms with Crippen molar-refractivity contribution in [2.24, 2.45) is 10.7 Å². The van der Waals surface area contributed by atoms with Gasteiger partial charge in [-0.05, 0) is 26.2 Å². The molecule has 13 heavy (non-hydrogen) atoms. The topological polar surface area (TPSA) is 67.5 Å². The van der Waals surface area contributed by atoms with Gasteiger partial charge in [0.25, 0.3) is 0 Å². The first-order chi connectivity index (χ1) is 6.18. The molecule has 0 atom stereocenters. The van der Waals surface area contributed by atoms with Gasteiger partial charge < -0.3 is 11.1 Å². The maximum Gasteiger partial charge on any atom is 0.220 e. The Bertz CT molecular complexity index is 205. The van der Waals surface area contributed by atoms with E-state index in [1.807, 2.05) is 0 Å². The van der Waals surface area contributed by atoms with Gasteiger partial charge in [-0.1, -0.05) is 0 Å². The average Bonchev–Trinajstić information content (AvgIpc) is 2.81. The van der Waals surface area contributed by atoms with Crippen molar-refractivity contribution >= 4 is 11.7 Å². The number of amides is 1. The van der Waals surface area contributed by atoms with E-state index in [2.05, 4.69) is 10.3 Å². The van der Waals surface area contributed by atoms with Crippen LogP contribution in [0.2, 0.25) is 0 Å². The minimum Gasteiger partial charge on any atom is -0.388 e. The lowest BCUT2D eigenvalue weighted by atomic mass is 10.3. The van der Waals surface area contributed by atoms with Crippen LogP contribution in [0.15, 0.2) is 4.99 Å². The number of aliphatic imine (C=N–C) groups is 1. The SMILES string of the molecule is CC(N)=NCCCC(=O)NC1CC1. The van der Waals surface area contributed by atoms with Crippen molar-refractivity contribution in [3.05, 3.63) is 0 Å². The first-order valence-electron chi connectivity index (χ1n) is 4.74. The Balaban J connectivity index is 1.97. The highest BCUT2D eigenvalue weighted by Gasteiger charge is 2.22. The molecule has 0 aliphatic heterocycles. The first-order valence-corrected chi connectivity index (χ1v) is 4.74. The Morgan fingerprint density at radius 1 is 1.62 bits per heavy atom. The van der Waals surface area contributed by atoms with E-state index in [1.54, 1.807) is 6.92 Å². The fourth-order valence-corrected chi connectivity index (χ4v) is 1.02. The number of nitrogens with one attached hydrogen (secondary N) is 1. The predicted octanol–water partition coefficient (Wildman–Crippen LogP) is 0.422. The van der Waals surface area contributed by atoms with Crippen LogP contribution in [0.3, 0.4) is 0 Å². The molecule has 0 radical (unpaired) electrons. The number of hydrogen-bond acceptors (Lipinski definition) is 2. The van der Waals surface area contributed by atoms with Crippen LogP contribution in [0, 0.1) is 0 Å². The molecule has 4 heteroatoms. The van der Waals surface area contributed by atoms with Gasteiger partial charge in [-0.2, -0.15) is 0 Å². The molecule has 1 saturated carbocycles. The largest absolute Gasteiger partial charge is 0.388 e. The van der Waals surface area contributed by atoms with Crippen LogP contribution in [0.4, 0.5) is 0 Å². The van der Waals surface area contributed by atoms with Gasteiger partial charge in [0.2, 0.25) is 5.91 Å². The summed E-state index contributed by atoms with van der Waals surface area (Å²) in [5, 5.41) is 2.92. The zero-order valence-corrected chi connectivity index (χ0v) is 8.05. The standard InChI is InChI=1S/C9H17N3O/c1-7(10)11-6-2-3-9(13)12-8-4-5-8/h8H,2-6H2,1H3,(H2,10,11)(H,12,13). The third-order valence-electron chi connectivity index (χ3n) is 1.87. The summed E-state index contributed by atoms with van der Waals surface area (Å²) in [5.74, 6) is 0.731. The molecule has 74 valence electrons. The summed E-state index contributed by atoms with van der Waals surface area (Å²) in [4.78, 5) is 15.2. The van der Waals surface area contributed by atoms with Gasteiger partial charge in [-0.25, -0.2) is 0 Å². The molecule has 1 fully saturated rings. The third kappa shape index (κ3) is 5.22. The summed E-state index contributed by atoms with van der Waals surface area (Å²) in [6.07, 6.45) is 3.64. The molecule has 0 heterocycles. The molecule has 0 bridgehead atoms. The van der Waals surface area contributed by atoms with Crippen LogP contribution in [0.1, 0.15) is 32.6 Å². The van der Waals surface area contributed by atoms with Gasteiger partial charge in [0.05, 0.1) is 5.84 Å². The van der Waals surface area contributed by atoms with Crippen molar-refractivity contribution in [1.29, 1.82) is 0 Å². The van der Waals surface area contributed by atoms with Crippen LogP contribution in [-0.2, 0) is 4.79 Å². The van der Waals surface area contributed by atoms with Crippen LogP contribution < -0.4 is 11.1 Å². The average molecular weight is 183 g/mol. The van der Waals surface area contributed by atoms with Crippen molar-refractivity contribution in [2.75, 3.05) is 6.54 Å². The molecule has 4 nitrogen and oxygen atoms in total.